The van der Waals surface area contributed by atoms with Gasteiger partial charge in [0.15, 0.2) is 0 Å². The molecule has 0 saturated heterocycles. The van der Waals surface area contributed by atoms with Crippen LogP contribution in [0.25, 0.3) is 0 Å². The lowest BCUT2D eigenvalue weighted by Crippen LogP contribution is -2.34. The minimum Gasteiger partial charge on any atom is -0.462 e. The van der Waals surface area contributed by atoms with Gasteiger partial charge in [-0.15, -0.1) is 0 Å². The van der Waals surface area contributed by atoms with Crippen molar-refractivity contribution < 1.29 is 14.3 Å². The molecular formula is C20H21Cl2NO3. The molecule has 1 amide bonds. The number of nitrogens with one attached hydrogen (secondary N) is 1. The molecule has 0 bridgehead atoms. The Morgan fingerprint density at radius 3 is 1.92 bits per heavy atom. The first-order valence-corrected chi connectivity index (χ1v) is 9.09. The quantitative estimate of drug-likeness (QED) is 0.683. The van der Waals surface area contributed by atoms with Crippen molar-refractivity contribution in [3.63, 3.8) is 0 Å². The van der Waals surface area contributed by atoms with E-state index in [0.29, 0.717) is 27.7 Å². The topological polar surface area (TPSA) is 55.4 Å². The van der Waals surface area contributed by atoms with E-state index in [-0.39, 0.29) is 24.3 Å². The molecule has 0 heterocycles. The summed E-state index contributed by atoms with van der Waals surface area (Å²) in [5, 5.41) is 4.02. The highest BCUT2D eigenvalue weighted by Crippen LogP contribution is 2.15. The van der Waals surface area contributed by atoms with E-state index < -0.39 is 5.97 Å². The van der Waals surface area contributed by atoms with Crippen LogP contribution in [0, 0.1) is 11.8 Å². The van der Waals surface area contributed by atoms with Crippen LogP contribution in [0.4, 0.5) is 0 Å². The Bertz CT molecular complexity index is 681. The van der Waals surface area contributed by atoms with Crippen molar-refractivity contribution in [1.29, 1.82) is 0 Å². The zero-order chi connectivity index (χ0) is 19.1. The molecule has 2 aromatic rings. The maximum absolute atomic E-state index is 12.2. The minimum absolute atomic E-state index is 0.00232. The number of amides is 1. The van der Waals surface area contributed by atoms with Gasteiger partial charge in [-0.2, -0.15) is 0 Å². The molecule has 2 rings (SSSR count). The van der Waals surface area contributed by atoms with Crippen molar-refractivity contribution in [2.75, 3.05) is 13.2 Å². The maximum atomic E-state index is 12.2. The molecular weight excluding hydrogens is 373 g/mol. The smallest absolute Gasteiger partial charge is 0.338 e. The van der Waals surface area contributed by atoms with Crippen molar-refractivity contribution in [1.82, 2.24) is 5.32 Å². The first-order chi connectivity index (χ1) is 12.4. The molecule has 0 spiro atoms. The Morgan fingerprint density at radius 1 is 0.923 bits per heavy atom. The van der Waals surface area contributed by atoms with Gasteiger partial charge in [-0.3, -0.25) is 4.79 Å². The minimum atomic E-state index is -0.406. The van der Waals surface area contributed by atoms with E-state index in [9.17, 15) is 9.59 Å². The zero-order valence-corrected chi connectivity index (χ0v) is 16.2. The third kappa shape index (κ3) is 6.04. The molecule has 1 N–H and O–H groups in total. The number of carbonyl (C=O) groups excluding carboxylic acids is 2. The fourth-order valence-corrected chi connectivity index (χ4v) is 2.52. The predicted octanol–water partition coefficient (Wildman–Crippen LogP) is 4.85. The third-order valence-electron chi connectivity index (χ3n) is 4.08. The summed E-state index contributed by atoms with van der Waals surface area (Å²) in [4.78, 5) is 24.3. The van der Waals surface area contributed by atoms with E-state index >= 15 is 0 Å². The summed E-state index contributed by atoms with van der Waals surface area (Å²) in [6.45, 7) is 4.68. The maximum Gasteiger partial charge on any atom is 0.338 e. The lowest BCUT2D eigenvalue weighted by atomic mass is 9.96. The number of rotatable bonds is 7. The number of halogens is 2. The van der Waals surface area contributed by atoms with Gasteiger partial charge in [0.25, 0.3) is 5.91 Å². The summed E-state index contributed by atoms with van der Waals surface area (Å²) in [5.41, 5.74) is 0.983. The summed E-state index contributed by atoms with van der Waals surface area (Å²) >= 11 is 11.6. The predicted molar refractivity (Wildman–Crippen MR) is 104 cm³/mol. The Morgan fingerprint density at radius 2 is 1.42 bits per heavy atom. The van der Waals surface area contributed by atoms with Crippen LogP contribution < -0.4 is 5.32 Å². The first kappa shape index (κ1) is 20.3. The molecule has 1 atom stereocenters. The second-order valence-electron chi connectivity index (χ2n) is 6.33. The van der Waals surface area contributed by atoms with Crippen LogP contribution in [0.15, 0.2) is 48.5 Å². The van der Waals surface area contributed by atoms with Crippen LogP contribution in [0.3, 0.4) is 0 Å². The Labute approximate surface area is 163 Å². The van der Waals surface area contributed by atoms with E-state index in [2.05, 4.69) is 5.32 Å². The van der Waals surface area contributed by atoms with Gasteiger partial charge < -0.3 is 10.1 Å². The molecule has 1 unspecified atom stereocenters. The Hall–Kier alpha value is -2.04. The van der Waals surface area contributed by atoms with Crippen LogP contribution in [0.2, 0.25) is 10.0 Å². The fourth-order valence-electron chi connectivity index (χ4n) is 2.27. The van der Waals surface area contributed by atoms with Gasteiger partial charge in [-0.1, -0.05) is 37.0 Å². The van der Waals surface area contributed by atoms with Gasteiger partial charge in [-0.25, -0.2) is 4.79 Å². The fraction of sp³-hybridized carbons (Fsp3) is 0.300. The average Bonchev–Trinajstić information content (AvgIpc) is 2.62. The Kier molecular flexibility index (Phi) is 7.49. The highest BCUT2D eigenvalue weighted by molar-refractivity contribution is 6.31. The first-order valence-electron chi connectivity index (χ1n) is 8.33. The molecule has 0 aliphatic carbocycles. The van der Waals surface area contributed by atoms with Gasteiger partial charge in [0, 0.05) is 28.1 Å². The summed E-state index contributed by atoms with van der Waals surface area (Å²) < 4.78 is 5.39. The highest BCUT2D eigenvalue weighted by atomic mass is 35.5. The summed E-state index contributed by atoms with van der Waals surface area (Å²) in [6.07, 6.45) is 0. The van der Waals surface area contributed by atoms with E-state index in [4.69, 9.17) is 27.9 Å². The van der Waals surface area contributed by atoms with E-state index in [1.807, 2.05) is 13.8 Å². The van der Waals surface area contributed by atoms with Gasteiger partial charge in [0.1, 0.15) is 0 Å². The number of esters is 1. The largest absolute Gasteiger partial charge is 0.462 e. The van der Waals surface area contributed by atoms with Gasteiger partial charge in [-0.05, 0) is 54.4 Å². The molecule has 0 aliphatic rings. The van der Waals surface area contributed by atoms with Crippen molar-refractivity contribution >= 4 is 35.1 Å². The summed E-state index contributed by atoms with van der Waals surface area (Å²) in [5.74, 6) is -0.353. The zero-order valence-electron chi connectivity index (χ0n) is 14.7. The van der Waals surface area contributed by atoms with Crippen molar-refractivity contribution in [2.45, 2.75) is 13.8 Å². The van der Waals surface area contributed by atoms with Gasteiger partial charge >= 0.3 is 5.97 Å². The second kappa shape index (κ2) is 9.60. The molecule has 0 aliphatic heterocycles. The lowest BCUT2D eigenvalue weighted by molar-refractivity contribution is 0.0404. The van der Waals surface area contributed by atoms with Crippen molar-refractivity contribution in [3.8, 4) is 0 Å². The highest BCUT2D eigenvalue weighted by Gasteiger charge is 2.18. The molecule has 4 nitrogen and oxygen atoms in total. The molecule has 0 radical (unpaired) electrons. The van der Waals surface area contributed by atoms with E-state index in [1.165, 1.54) is 0 Å². The summed E-state index contributed by atoms with van der Waals surface area (Å²) in [7, 11) is 0. The number of ether oxygens (including phenoxy) is 1. The van der Waals surface area contributed by atoms with E-state index in [1.54, 1.807) is 48.5 Å². The normalized spacial score (nSPS) is 11.9. The SMILES string of the molecule is CC(C)C(CNC(=O)c1ccc(Cl)cc1)COC(=O)c1ccc(Cl)cc1. The van der Waals surface area contributed by atoms with Gasteiger partial charge in [0.2, 0.25) is 0 Å². The molecule has 0 saturated carbocycles. The van der Waals surface area contributed by atoms with Crippen molar-refractivity contribution in [2.24, 2.45) is 11.8 Å². The monoisotopic (exact) mass is 393 g/mol. The molecule has 26 heavy (non-hydrogen) atoms. The van der Waals surface area contributed by atoms with Crippen LogP contribution in [-0.2, 0) is 4.74 Å². The third-order valence-corrected chi connectivity index (χ3v) is 4.59. The number of hydrogen-bond acceptors (Lipinski definition) is 3. The molecule has 0 aromatic heterocycles. The molecule has 0 fully saturated rings. The number of hydrogen-bond donors (Lipinski definition) is 1. The number of carbonyl (C=O) groups is 2. The average molecular weight is 394 g/mol. The number of benzene rings is 2. The molecule has 6 heteroatoms. The Balaban J connectivity index is 1.88. The van der Waals surface area contributed by atoms with Crippen molar-refractivity contribution in [3.05, 3.63) is 69.7 Å². The van der Waals surface area contributed by atoms with Crippen LogP contribution >= 0.6 is 23.2 Å². The molecule has 2 aromatic carbocycles. The van der Waals surface area contributed by atoms with Crippen LogP contribution in [0.1, 0.15) is 34.6 Å². The molecule has 138 valence electrons. The standard InChI is InChI=1S/C20H21Cl2NO3/c1-13(2)16(11-23-19(24)14-3-7-17(21)8-4-14)12-26-20(25)15-5-9-18(22)10-6-15/h3-10,13,16H,11-12H2,1-2H3,(H,23,24). The second-order valence-corrected chi connectivity index (χ2v) is 7.20. The van der Waals surface area contributed by atoms with E-state index in [0.717, 1.165) is 0 Å². The van der Waals surface area contributed by atoms with Gasteiger partial charge in [0.05, 0.1) is 12.2 Å². The van der Waals surface area contributed by atoms with Crippen LogP contribution in [0.5, 0.6) is 0 Å². The lowest BCUT2D eigenvalue weighted by Gasteiger charge is -2.21. The van der Waals surface area contributed by atoms with Crippen LogP contribution in [-0.4, -0.2) is 25.0 Å². The summed E-state index contributed by atoms with van der Waals surface area (Å²) in [6, 6.07) is 13.2.